The topological polar surface area (TPSA) is 49.4 Å². The van der Waals surface area contributed by atoms with Gasteiger partial charge in [-0.2, -0.15) is 0 Å². The van der Waals surface area contributed by atoms with Crippen LogP contribution < -0.4 is 5.32 Å². The molecule has 0 bridgehead atoms. The Hall–Kier alpha value is -1.76. The molecule has 8 heteroatoms. The molecule has 0 heterocycles. The zero-order chi connectivity index (χ0) is 23.0. The van der Waals surface area contributed by atoms with Crippen LogP contribution in [0.5, 0.6) is 0 Å². The van der Waals surface area contributed by atoms with E-state index in [1.807, 2.05) is 13.8 Å². The number of nitrogens with one attached hydrogen (secondary N) is 1. The van der Waals surface area contributed by atoms with Gasteiger partial charge in [-0.1, -0.05) is 54.4 Å². The smallest absolute Gasteiger partial charge is 0.242 e. The van der Waals surface area contributed by atoms with Crippen molar-refractivity contribution in [3.63, 3.8) is 0 Å². The largest absolute Gasteiger partial charge is 0.352 e. The van der Waals surface area contributed by atoms with Crippen LogP contribution in [0.4, 0.5) is 4.39 Å². The first kappa shape index (κ1) is 25.5. The summed E-state index contributed by atoms with van der Waals surface area (Å²) in [5, 5.41) is 3.97. The van der Waals surface area contributed by atoms with E-state index in [2.05, 4.69) is 5.32 Å². The van der Waals surface area contributed by atoms with Crippen LogP contribution >= 0.6 is 35.0 Å². The van der Waals surface area contributed by atoms with E-state index in [1.165, 1.54) is 22.7 Å². The summed E-state index contributed by atoms with van der Waals surface area (Å²) in [6.45, 7) is 5.53. The Morgan fingerprint density at radius 3 is 2.35 bits per heavy atom. The minimum absolute atomic E-state index is 0.00795. The lowest BCUT2D eigenvalue weighted by atomic mass is 10.1. The zero-order valence-corrected chi connectivity index (χ0v) is 20.2. The van der Waals surface area contributed by atoms with Gasteiger partial charge < -0.3 is 10.2 Å². The molecule has 2 rings (SSSR count). The van der Waals surface area contributed by atoms with Crippen molar-refractivity contribution in [1.29, 1.82) is 0 Å². The van der Waals surface area contributed by atoms with Crippen molar-refractivity contribution in [2.45, 2.75) is 51.6 Å². The Bertz CT molecular complexity index is 893. The highest BCUT2D eigenvalue weighted by molar-refractivity contribution is 7.99. The number of amides is 2. The van der Waals surface area contributed by atoms with Gasteiger partial charge in [0.25, 0.3) is 0 Å². The van der Waals surface area contributed by atoms with E-state index in [9.17, 15) is 14.0 Å². The molecule has 2 atom stereocenters. The van der Waals surface area contributed by atoms with Crippen molar-refractivity contribution in [1.82, 2.24) is 10.2 Å². The van der Waals surface area contributed by atoms with Crippen LogP contribution in [0.25, 0.3) is 0 Å². The fraction of sp³-hybridized carbons (Fsp3) is 0.391. The van der Waals surface area contributed by atoms with Crippen LogP contribution in [0.15, 0.2) is 42.5 Å². The van der Waals surface area contributed by atoms with E-state index in [1.54, 1.807) is 43.3 Å². The van der Waals surface area contributed by atoms with E-state index in [-0.39, 0.29) is 30.2 Å². The van der Waals surface area contributed by atoms with E-state index < -0.39 is 11.9 Å². The third-order valence-corrected chi connectivity index (χ3v) is 6.65. The van der Waals surface area contributed by atoms with Gasteiger partial charge in [-0.15, -0.1) is 11.8 Å². The van der Waals surface area contributed by atoms with Gasteiger partial charge in [0.1, 0.15) is 11.9 Å². The van der Waals surface area contributed by atoms with Gasteiger partial charge in [0, 0.05) is 33.9 Å². The lowest BCUT2D eigenvalue weighted by molar-refractivity contribution is -0.139. The number of benzene rings is 2. The summed E-state index contributed by atoms with van der Waals surface area (Å²) in [4.78, 5) is 27.1. The molecule has 0 saturated heterocycles. The number of thioether (sulfide) groups is 1. The Balaban J connectivity index is 2.13. The summed E-state index contributed by atoms with van der Waals surface area (Å²) in [7, 11) is 0. The number of hydrogen-bond acceptors (Lipinski definition) is 3. The molecule has 31 heavy (non-hydrogen) atoms. The maximum atomic E-state index is 14.2. The second-order valence-corrected chi connectivity index (χ2v) is 9.10. The van der Waals surface area contributed by atoms with Crippen molar-refractivity contribution >= 4 is 46.8 Å². The molecule has 168 valence electrons. The molecule has 0 unspecified atom stereocenters. The third kappa shape index (κ3) is 7.41. The van der Waals surface area contributed by atoms with Gasteiger partial charge in [0.2, 0.25) is 11.8 Å². The second-order valence-electron chi connectivity index (χ2n) is 7.30. The molecule has 0 fully saturated rings. The number of carbonyl (C=O) groups is 2. The van der Waals surface area contributed by atoms with E-state index in [4.69, 9.17) is 23.2 Å². The van der Waals surface area contributed by atoms with Gasteiger partial charge in [-0.05, 0) is 44.0 Å². The molecule has 1 N–H and O–H groups in total. The maximum Gasteiger partial charge on any atom is 0.242 e. The maximum absolute atomic E-state index is 14.2. The summed E-state index contributed by atoms with van der Waals surface area (Å²) in [6, 6.07) is 10.8. The van der Waals surface area contributed by atoms with Gasteiger partial charge in [0.15, 0.2) is 0 Å². The first-order chi connectivity index (χ1) is 14.7. The van der Waals surface area contributed by atoms with Gasteiger partial charge in [-0.25, -0.2) is 4.39 Å². The molecule has 2 aromatic carbocycles. The van der Waals surface area contributed by atoms with Crippen molar-refractivity contribution < 1.29 is 14.0 Å². The highest BCUT2D eigenvalue weighted by Crippen LogP contribution is 2.28. The molecular weight excluding hydrogens is 458 g/mol. The first-order valence-corrected chi connectivity index (χ1v) is 12.0. The zero-order valence-electron chi connectivity index (χ0n) is 17.8. The van der Waals surface area contributed by atoms with Gasteiger partial charge >= 0.3 is 0 Å². The SMILES string of the molecule is CC[C@@H](C)NC(=O)[C@@H](C)N(Cc1ccccc1F)C(=O)CSCc1c(Cl)cccc1Cl. The van der Waals surface area contributed by atoms with Crippen LogP contribution in [0, 0.1) is 5.82 Å². The molecule has 0 radical (unpaired) electrons. The lowest BCUT2D eigenvalue weighted by Gasteiger charge is -2.29. The van der Waals surface area contributed by atoms with Crippen molar-refractivity contribution in [3.05, 3.63) is 69.5 Å². The summed E-state index contributed by atoms with van der Waals surface area (Å²) in [6.07, 6.45) is 0.772. The minimum Gasteiger partial charge on any atom is -0.352 e. The van der Waals surface area contributed by atoms with Crippen LogP contribution in [0.1, 0.15) is 38.3 Å². The molecule has 0 aliphatic heterocycles. The average Bonchev–Trinajstić information content (AvgIpc) is 2.74. The Labute approximate surface area is 197 Å². The Kier molecular flexibility index (Phi) is 10.1. The minimum atomic E-state index is -0.745. The molecule has 0 aromatic heterocycles. The molecule has 2 aromatic rings. The molecule has 0 aliphatic carbocycles. The average molecular weight is 485 g/mol. The quantitative estimate of drug-likeness (QED) is 0.470. The number of halogens is 3. The highest BCUT2D eigenvalue weighted by Gasteiger charge is 2.27. The summed E-state index contributed by atoms with van der Waals surface area (Å²) in [5.74, 6) is -0.380. The third-order valence-electron chi connectivity index (χ3n) is 5.00. The molecule has 0 saturated carbocycles. The first-order valence-electron chi connectivity index (χ1n) is 10.1. The van der Waals surface area contributed by atoms with Crippen LogP contribution in [0.3, 0.4) is 0 Å². The molecular formula is C23H27Cl2FN2O2S. The standard InChI is InChI=1S/C23H27Cl2FN2O2S/c1-4-15(2)27-23(30)16(3)28(12-17-8-5-6-11-21(17)26)22(29)14-31-13-18-19(24)9-7-10-20(18)25/h5-11,15-16H,4,12-14H2,1-3H3,(H,27,30)/t15-,16-/m1/s1. The normalized spacial score (nSPS) is 12.8. The van der Waals surface area contributed by atoms with Gasteiger partial charge in [-0.3, -0.25) is 9.59 Å². The van der Waals surface area contributed by atoms with Crippen molar-refractivity contribution in [2.75, 3.05) is 5.75 Å². The van der Waals surface area contributed by atoms with E-state index in [0.717, 1.165) is 12.0 Å². The summed E-state index contributed by atoms with van der Waals surface area (Å²) < 4.78 is 14.2. The van der Waals surface area contributed by atoms with Crippen molar-refractivity contribution in [2.24, 2.45) is 0 Å². The molecule has 0 aliphatic rings. The van der Waals surface area contributed by atoms with Crippen LogP contribution in [-0.2, 0) is 21.9 Å². The monoisotopic (exact) mass is 484 g/mol. The van der Waals surface area contributed by atoms with Crippen LogP contribution in [0.2, 0.25) is 10.0 Å². The van der Waals surface area contributed by atoms with Crippen LogP contribution in [-0.4, -0.2) is 34.6 Å². The molecule has 4 nitrogen and oxygen atoms in total. The predicted molar refractivity (Wildman–Crippen MR) is 127 cm³/mol. The predicted octanol–water partition coefficient (Wildman–Crippen LogP) is 5.70. The summed E-state index contributed by atoms with van der Waals surface area (Å²) in [5.41, 5.74) is 1.12. The number of carbonyl (C=O) groups excluding carboxylic acids is 2. The lowest BCUT2D eigenvalue weighted by Crippen LogP contribution is -2.50. The molecule has 0 spiro atoms. The number of nitrogens with zero attached hydrogens (tertiary/aromatic N) is 1. The fourth-order valence-electron chi connectivity index (χ4n) is 2.85. The number of hydrogen-bond donors (Lipinski definition) is 1. The number of rotatable bonds is 10. The highest BCUT2D eigenvalue weighted by atomic mass is 35.5. The van der Waals surface area contributed by atoms with Gasteiger partial charge in [0.05, 0.1) is 5.75 Å². The fourth-order valence-corrected chi connectivity index (χ4v) is 4.50. The Morgan fingerprint density at radius 1 is 1.10 bits per heavy atom. The summed E-state index contributed by atoms with van der Waals surface area (Å²) >= 11 is 13.7. The molecule has 2 amide bonds. The Morgan fingerprint density at radius 2 is 1.74 bits per heavy atom. The van der Waals surface area contributed by atoms with E-state index >= 15 is 0 Å². The van der Waals surface area contributed by atoms with E-state index in [0.29, 0.717) is 21.4 Å². The van der Waals surface area contributed by atoms with Crippen molar-refractivity contribution in [3.8, 4) is 0 Å². The second kappa shape index (κ2) is 12.3.